The van der Waals surface area contributed by atoms with E-state index in [2.05, 4.69) is 4.98 Å². The average molecular weight is 393 g/mol. The van der Waals surface area contributed by atoms with E-state index in [0.29, 0.717) is 21.5 Å². The molecule has 0 aliphatic heterocycles. The van der Waals surface area contributed by atoms with E-state index in [4.69, 9.17) is 55.9 Å². The van der Waals surface area contributed by atoms with Crippen molar-refractivity contribution >= 4 is 46.4 Å². The van der Waals surface area contributed by atoms with Crippen molar-refractivity contribution in [3.8, 4) is 11.5 Å². The maximum atomic E-state index is 6.20. The Labute approximate surface area is 154 Å². The first-order valence-electron chi connectivity index (χ1n) is 6.64. The lowest BCUT2D eigenvalue weighted by atomic mass is 10.3. The van der Waals surface area contributed by atoms with Gasteiger partial charge in [-0.3, -0.25) is 4.98 Å². The Hall–Kier alpha value is -1.13. The summed E-state index contributed by atoms with van der Waals surface area (Å²) in [7, 11) is 0. The van der Waals surface area contributed by atoms with E-state index in [1.807, 2.05) is 25.1 Å². The quantitative estimate of drug-likeness (QED) is 0.606. The highest BCUT2D eigenvalue weighted by Gasteiger charge is 2.11. The summed E-state index contributed by atoms with van der Waals surface area (Å²) in [6.07, 6.45) is 1.51. The molecule has 0 N–H and O–H groups in total. The molecule has 2 aromatic rings. The lowest BCUT2D eigenvalue weighted by Crippen LogP contribution is -2.00. The van der Waals surface area contributed by atoms with Crippen LogP contribution in [0.25, 0.3) is 0 Å². The number of pyridine rings is 1. The van der Waals surface area contributed by atoms with Crippen molar-refractivity contribution in [3.63, 3.8) is 0 Å². The third kappa shape index (κ3) is 5.78. The van der Waals surface area contributed by atoms with E-state index in [0.717, 1.165) is 11.4 Å². The highest BCUT2D eigenvalue weighted by Crippen LogP contribution is 2.37. The molecule has 0 fully saturated rings. The first kappa shape index (κ1) is 18.2. The van der Waals surface area contributed by atoms with Crippen molar-refractivity contribution in [2.24, 2.45) is 0 Å². The van der Waals surface area contributed by atoms with E-state index >= 15 is 0 Å². The van der Waals surface area contributed by atoms with E-state index < -0.39 is 0 Å². The fourth-order valence-corrected chi connectivity index (χ4v) is 2.49. The second kappa shape index (κ2) is 8.65. The van der Waals surface area contributed by atoms with Crippen LogP contribution >= 0.6 is 46.4 Å². The zero-order chi connectivity index (χ0) is 16.8. The number of aryl methyl sites for hydroxylation is 1. The second-order valence-electron chi connectivity index (χ2n) is 4.58. The first-order valence-corrected chi connectivity index (χ1v) is 8.15. The minimum Gasteiger partial charge on any atom is -0.489 e. The molecule has 1 heterocycles. The van der Waals surface area contributed by atoms with Gasteiger partial charge in [-0.1, -0.05) is 52.5 Å². The largest absolute Gasteiger partial charge is 0.489 e. The molecule has 3 nitrogen and oxygen atoms in total. The smallest absolute Gasteiger partial charge is 0.157 e. The summed E-state index contributed by atoms with van der Waals surface area (Å²) in [6.45, 7) is 2.39. The van der Waals surface area contributed by atoms with Crippen molar-refractivity contribution in [2.75, 3.05) is 6.61 Å². The van der Waals surface area contributed by atoms with Gasteiger partial charge in [0.1, 0.15) is 23.5 Å². The van der Waals surface area contributed by atoms with E-state index in [9.17, 15) is 0 Å². The maximum absolute atomic E-state index is 6.20. The third-order valence-electron chi connectivity index (χ3n) is 2.77. The summed E-state index contributed by atoms with van der Waals surface area (Å²) < 4.78 is 11.2. The average Bonchev–Trinajstić information content (AvgIpc) is 2.46. The number of nitrogens with zero attached hydrogens (tertiary/aromatic N) is 1. The molecule has 0 saturated heterocycles. The Morgan fingerprint density at radius 2 is 1.83 bits per heavy atom. The van der Waals surface area contributed by atoms with Gasteiger partial charge >= 0.3 is 0 Å². The molecule has 1 aromatic heterocycles. The predicted molar refractivity (Wildman–Crippen MR) is 95.1 cm³/mol. The molecule has 0 unspecified atom stereocenters. The Morgan fingerprint density at radius 3 is 2.43 bits per heavy atom. The lowest BCUT2D eigenvalue weighted by molar-refractivity contribution is 0.300. The first-order chi connectivity index (χ1) is 11.0. The molecule has 1 aromatic carbocycles. The maximum Gasteiger partial charge on any atom is 0.157 e. The summed E-state index contributed by atoms with van der Waals surface area (Å²) >= 11 is 23.4. The Bertz CT molecular complexity index is 692. The van der Waals surface area contributed by atoms with Crippen LogP contribution < -0.4 is 9.47 Å². The molecule has 23 heavy (non-hydrogen) atoms. The van der Waals surface area contributed by atoms with Crippen molar-refractivity contribution in [3.05, 3.63) is 62.3 Å². The van der Waals surface area contributed by atoms with Gasteiger partial charge in [0.25, 0.3) is 0 Å². The summed E-state index contributed by atoms with van der Waals surface area (Å²) in [5, 5.41) is 0.696. The molecular formula is C16H13Cl4NO2. The van der Waals surface area contributed by atoms with Crippen LogP contribution in [0.2, 0.25) is 10.0 Å². The molecule has 0 aliphatic carbocycles. The zero-order valence-corrected chi connectivity index (χ0v) is 15.2. The van der Waals surface area contributed by atoms with Gasteiger partial charge in [-0.25, -0.2) is 0 Å². The number of halogens is 4. The monoisotopic (exact) mass is 391 g/mol. The molecule has 0 spiro atoms. The van der Waals surface area contributed by atoms with Crippen LogP contribution in [0.1, 0.15) is 11.4 Å². The summed E-state index contributed by atoms with van der Waals surface area (Å²) in [6, 6.07) is 8.92. The van der Waals surface area contributed by atoms with Crippen LogP contribution in [0.5, 0.6) is 11.5 Å². The number of rotatable bonds is 6. The van der Waals surface area contributed by atoms with Crippen molar-refractivity contribution in [1.29, 1.82) is 0 Å². The van der Waals surface area contributed by atoms with Crippen molar-refractivity contribution in [1.82, 2.24) is 4.98 Å². The number of hydrogen-bond acceptors (Lipinski definition) is 3. The van der Waals surface area contributed by atoms with Crippen LogP contribution in [-0.4, -0.2) is 11.6 Å². The van der Waals surface area contributed by atoms with Crippen molar-refractivity contribution < 1.29 is 9.47 Å². The van der Waals surface area contributed by atoms with Gasteiger partial charge in [-0.05, 0) is 25.1 Å². The summed E-state index contributed by atoms with van der Waals surface area (Å²) in [4.78, 5) is 4.35. The molecule has 0 bridgehead atoms. The van der Waals surface area contributed by atoms with Gasteiger partial charge < -0.3 is 9.47 Å². The zero-order valence-electron chi connectivity index (χ0n) is 12.2. The number of ether oxygens (including phenoxy) is 2. The molecule has 122 valence electrons. The highest BCUT2D eigenvalue weighted by molar-refractivity contribution is 6.55. The third-order valence-corrected chi connectivity index (χ3v) is 3.64. The molecular weight excluding hydrogens is 380 g/mol. The van der Waals surface area contributed by atoms with E-state index in [1.54, 1.807) is 12.1 Å². The highest BCUT2D eigenvalue weighted by atomic mass is 35.5. The van der Waals surface area contributed by atoms with Gasteiger partial charge in [0, 0.05) is 17.8 Å². The Morgan fingerprint density at radius 1 is 1.13 bits per heavy atom. The normalized spacial score (nSPS) is 10.3. The molecule has 2 rings (SSSR count). The Kier molecular flexibility index (Phi) is 6.85. The summed E-state index contributed by atoms with van der Waals surface area (Å²) in [5.41, 5.74) is 1.71. The van der Waals surface area contributed by atoms with Gasteiger partial charge in [-0.2, -0.15) is 0 Å². The fourth-order valence-electron chi connectivity index (χ4n) is 1.78. The standard InChI is InChI=1S/C16H13Cl4NO2/c1-10-3-2-4-11(21-10)9-23-16-13(17)7-12(8-14(16)18)22-6-5-15(19)20/h2-5,7-8H,6,9H2,1H3. The minimum absolute atomic E-state index is 0.132. The SMILES string of the molecule is Cc1cccc(COc2c(Cl)cc(OCC=C(Cl)Cl)cc2Cl)n1. The molecule has 0 radical (unpaired) electrons. The van der Waals surface area contributed by atoms with Crippen LogP contribution in [0.15, 0.2) is 40.9 Å². The van der Waals surface area contributed by atoms with Gasteiger partial charge in [-0.15, -0.1) is 0 Å². The summed E-state index contributed by atoms with van der Waals surface area (Å²) in [5.74, 6) is 0.877. The predicted octanol–water partition coefficient (Wildman–Crippen LogP) is 5.97. The topological polar surface area (TPSA) is 31.4 Å². The number of aromatic nitrogens is 1. The number of hydrogen-bond donors (Lipinski definition) is 0. The van der Waals surface area contributed by atoms with Gasteiger partial charge in [0.05, 0.1) is 15.7 Å². The fraction of sp³-hybridized carbons (Fsp3) is 0.188. The molecule has 0 saturated carbocycles. The van der Waals surface area contributed by atoms with E-state index in [1.165, 1.54) is 6.08 Å². The molecule has 7 heteroatoms. The molecule has 0 aliphatic rings. The molecule has 0 atom stereocenters. The second-order valence-corrected chi connectivity index (χ2v) is 6.40. The molecule has 0 amide bonds. The van der Waals surface area contributed by atoms with Crippen LogP contribution in [0.3, 0.4) is 0 Å². The number of benzene rings is 1. The Balaban J connectivity index is 2.06. The minimum atomic E-state index is 0.132. The van der Waals surface area contributed by atoms with Gasteiger partial charge in [0.2, 0.25) is 0 Å². The van der Waals surface area contributed by atoms with Gasteiger partial charge in [0.15, 0.2) is 5.75 Å². The van der Waals surface area contributed by atoms with Crippen LogP contribution in [0, 0.1) is 6.92 Å². The van der Waals surface area contributed by atoms with Crippen molar-refractivity contribution in [2.45, 2.75) is 13.5 Å². The lowest BCUT2D eigenvalue weighted by Gasteiger charge is -2.12. The van der Waals surface area contributed by atoms with E-state index in [-0.39, 0.29) is 17.7 Å². The van der Waals surface area contributed by atoms with Crippen LogP contribution in [0.4, 0.5) is 0 Å². The van der Waals surface area contributed by atoms with Crippen LogP contribution in [-0.2, 0) is 6.61 Å².